The van der Waals surface area contributed by atoms with E-state index in [2.05, 4.69) is 29.2 Å². The summed E-state index contributed by atoms with van der Waals surface area (Å²) in [5, 5.41) is 1.49. The summed E-state index contributed by atoms with van der Waals surface area (Å²) in [5.41, 5.74) is 4.52. The molecular weight excluding hydrogens is 182 g/mol. The Balaban J connectivity index is 1.97. The Hall–Kier alpha value is -1.24. The zero-order chi connectivity index (χ0) is 9.83. The van der Waals surface area contributed by atoms with Crippen LogP contribution in [0.5, 0.6) is 0 Å². The molecule has 1 N–H and O–H groups in total. The van der Waals surface area contributed by atoms with Gasteiger partial charge in [-0.05, 0) is 49.1 Å². The number of hydrogen-bond acceptors (Lipinski definition) is 0. The zero-order valence-electron chi connectivity index (χ0n) is 8.79. The number of fused-ring (bicyclic) bond motifs is 3. The second-order valence-corrected chi connectivity index (χ2v) is 5.05. The van der Waals surface area contributed by atoms with E-state index in [4.69, 9.17) is 0 Å². The van der Waals surface area contributed by atoms with Crippen LogP contribution in [0, 0.1) is 5.92 Å². The Bertz CT molecular complexity index is 519. The number of nitrogens with one attached hydrogen (secondary N) is 1. The first-order valence-electron chi connectivity index (χ1n) is 6.03. The smallest absolute Gasteiger partial charge is 0.0459 e. The molecule has 2 aromatic rings. The van der Waals surface area contributed by atoms with Gasteiger partial charge in [0.25, 0.3) is 0 Å². The molecule has 0 saturated heterocycles. The lowest BCUT2D eigenvalue weighted by Crippen LogP contribution is -1.94. The second kappa shape index (κ2) is 2.66. The van der Waals surface area contributed by atoms with Gasteiger partial charge < -0.3 is 4.98 Å². The van der Waals surface area contributed by atoms with Crippen LogP contribution >= 0.6 is 0 Å². The van der Waals surface area contributed by atoms with Crippen LogP contribution in [0.2, 0.25) is 0 Å². The fraction of sp³-hybridized carbons (Fsp3) is 0.429. The van der Waals surface area contributed by atoms with Crippen molar-refractivity contribution in [3.05, 3.63) is 35.5 Å². The van der Waals surface area contributed by atoms with E-state index < -0.39 is 0 Å². The lowest BCUT2D eigenvalue weighted by Gasteiger charge is -2.08. The molecule has 1 aromatic carbocycles. The molecule has 1 nitrogen and oxygen atoms in total. The first-order valence-corrected chi connectivity index (χ1v) is 6.03. The summed E-state index contributed by atoms with van der Waals surface area (Å²) in [4.78, 5) is 3.59. The molecule has 2 aliphatic carbocycles. The molecule has 2 aliphatic rings. The average Bonchev–Trinajstić information content (AvgIpc) is 2.91. The van der Waals surface area contributed by atoms with Crippen LogP contribution in [0.3, 0.4) is 0 Å². The highest BCUT2D eigenvalue weighted by molar-refractivity contribution is 5.86. The highest BCUT2D eigenvalue weighted by atomic mass is 14.7. The first kappa shape index (κ1) is 7.98. The van der Waals surface area contributed by atoms with Gasteiger partial charge in [-0.25, -0.2) is 0 Å². The Kier molecular flexibility index (Phi) is 1.41. The molecule has 0 radical (unpaired) electrons. The van der Waals surface area contributed by atoms with Crippen molar-refractivity contribution in [2.75, 3.05) is 0 Å². The van der Waals surface area contributed by atoms with Crippen LogP contribution in [-0.2, 0) is 6.42 Å². The molecule has 0 bridgehead atoms. The first-order chi connectivity index (χ1) is 7.43. The van der Waals surface area contributed by atoms with Crippen molar-refractivity contribution in [3.8, 4) is 0 Å². The van der Waals surface area contributed by atoms with Crippen molar-refractivity contribution in [2.45, 2.75) is 31.6 Å². The van der Waals surface area contributed by atoms with Gasteiger partial charge in [-0.3, -0.25) is 0 Å². The van der Waals surface area contributed by atoms with E-state index in [9.17, 15) is 0 Å². The molecule has 1 fully saturated rings. The minimum atomic E-state index is 0.871. The van der Waals surface area contributed by atoms with E-state index in [1.165, 1.54) is 42.3 Å². The van der Waals surface area contributed by atoms with Gasteiger partial charge in [0, 0.05) is 16.6 Å². The summed E-state index contributed by atoms with van der Waals surface area (Å²) >= 11 is 0. The van der Waals surface area contributed by atoms with E-state index in [0.29, 0.717) is 0 Å². The Morgan fingerprint density at radius 1 is 1.07 bits per heavy atom. The van der Waals surface area contributed by atoms with E-state index in [1.54, 1.807) is 5.56 Å². The van der Waals surface area contributed by atoms with Crippen LogP contribution in [0.1, 0.15) is 36.4 Å². The largest absolute Gasteiger partial charge is 0.358 e. The number of H-pyrrole nitrogens is 1. The Labute approximate surface area is 89.5 Å². The number of hydrogen-bond donors (Lipinski definition) is 1. The predicted octanol–water partition coefficient (Wildman–Crippen LogP) is 3.61. The number of aromatic nitrogens is 1. The second-order valence-electron chi connectivity index (χ2n) is 5.05. The van der Waals surface area contributed by atoms with Crippen LogP contribution in [0.25, 0.3) is 10.9 Å². The predicted molar refractivity (Wildman–Crippen MR) is 62.1 cm³/mol. The zero-order valence-corrected chi connectivity index (χ0v) is 8.79. The standard InChI is InChI=1S/C14H15N/c1-2-4-12-11(3-1)14-10(9-5-6-9)7-8-13(14)15-12/h1-4,9-10,15H,5-8H2. The van der Waals surface area contributed by atoms with Crippen LogP contribution in [0.15, 0.2) is 24.3 Å². The van der Waals surface area contributed by atoms with Gasteiger partial charge in [-0.15, -0.1) is 0 Å². The topological polar surface area (TPSA) is 15.8 Å². The van der Waals surface area contributed by atoms with Crippen LogP contribution in [-0.4, -0.2) is 4.98 Å². The third-order valence-corrected chi connectivity index (χ3v) is 4.10. The number of para-hydroxylation sites is 1. The summed E-state index contributed by atoms with van der Waals surface area (Å²) in [6.07, 6.45) is 5.58. The molecule has 4 rings (SSSR count). The van der Waals surface area contributed by atoms with Crippen molar-refractivity contribution in [2.24, 2.45) is 5.92 Å². The average molecular weight is 197 g/mol. The van der Waals surface area contributed by atoms with Crippen molar-refractivity contribution in [1.82, 2.24) is 4.98 Å². The Morgan fingerprint density at radius 2 is 1.93 bits per heavy atom. The highest BCUT2D eigenvalue weighted by Crippen LogP contribution is 2.51. The molecule has 1 unspecified atom stereocenters. The van der Waals surface area contributed by atoms with Gasteiger partial charge >= 0.3 is 0 Å². The van der Waals surface area contributed by atoms with E-state index in [1.807, 2.05) is 0 Å². The minimum Gasteiger partial charge on any atom is -0.358 e. The number of aromatic amines is 1. The van der Waals surface area contributed by atoms with Crippen molar-refractivity contribution < 1.29 is 0 Å². The molecular formula is C14H15N. The fourth-order valence-corrected chi connectivity index (χ4v) is 3.25. The molecule has 76 valence electrons. The van der Waals surface area contributed by atoms with Crippen molar-refractivity contribution >= 4 is 10.9 Å². The van der Waals surface area contributed by atoms with Crippen LogP contribution in [0.4, 0.5) is 0 Å². The molecule has 0 spiro atoms. The third-order valence-electron chi connectivity index (χ3n) is 4.10. The molecule has 0 aliphatic heterocycles. The number of rotatable bonds is 1. The lowest BCUT2D eigenvalue weighted by atomic mass is 9.95. The SMILES string of the molecule is c1ccc2c3c([nH]c2c1)CCC3C1CC1. The maximum Gasteiger partial charge on any atom is 0.0459 e. The normalized spacial score (nSPS) is 24.7. The lowest BCUT2D eigenvalue weighted by molar-refractivity contribution is 0.602. The van der Waals surface area contributed by atoms with Gasteiger partial charge in [0.15, 0.2) is 0 Å². The van der Waals surface area contributed by atoms with Gasteiger partial charge in [-0.2, -0.15) is 0 Å². The summed E-state index contributed by atoms with van der Waals surface area (Å²) in [6, 6.07) is 8.78. The van der Waals surface area contributed by atoms with E-state index in [-0.39, 0.29) is 0 Å². The van der Waals surface area contributed by atoms with Crippen LogP contribution < -0.4 is 0 Å². The number of benzene rings is 1. The Morgan fingerprint density at radius 3 is 2.80 bits per heavy atom. The summed E-state index contributed by atoms with van der Waals surface area (Å²) in [5.74, 6) is 1.88. The highest BCUT2D eigenvalue weighted by Gasteiger charge is 2.38. The summed E-state index contributed by atoms with van der Waals surface area (Å²) < 4.78 is 0. The van der Waals surface area contributed by atoms with Gasteiger partial charge in [-0.1, -0.05) is 18.2 Å². The maximum atomic E-state index is 3.59. The molecule has 1 heterocycles. The molecule has 15 heavy (non-hydrogen) atoms. The maximum absolute atomic E-state index is 3.59. The minimum absolute atomic E-state index is 0.871. The van der Waals surface area contributed by atoms with Crippen molar-refractivity contribution in [3.63, 3.8) is 0 Å². The molecule has 1 atom stereocenters. The van der Waals surface area contributed by atoms with Crippen molar-refractivity contribution in [1.29, 1.82) is 0 Å². The molecule has 1 saturated carbocycles. The summed E-state index contributed by atoms with van der Waals surface area (Å²) in [7, 11) is 0. The van der Waals surface area contributed by atoms with E-state index >= 15 is 0 Å². The van der Waals surface area contributed by atoms with Gasteiger partial charge in [0.2, 0.25) is 0 Å². The third kappa shape index (κ3) is 1.04. The molecule has 0 amide bonds. The summed E-state index contributed by atoms with van der Waals surface area (Å²) in [6.45, 7) is 0. The monoisotopic (exact) mass is 197 g/mol. The quantitative estimate of drug-likeness (QED) is 0.718. The van der Waals surface area contributed by atoms with Gasteiger partial charge in [0.1, 0.15) is 0 Å². The van der Waals surface area contributed by atoms with Gasteiger partial charge in [0.05, 0.1) is 0 Å². The molecule has 1 aromatic heterocycles. The molecule has 1 heteroatoms. The number of aryl methyl sites for hydroxylation is 1. The van der Waals surface area contributed by atoms with E-state index in [0.717, 1.165) is 11.8 Å². The fourth-order valence-electron chi connectivity index (χ4n) is 3.25.